The molecule has 2 nitrogen and oxygen atoms in total. The van der Waals surface area contributed by atoms with E-state index in [-0.39, 0.29) is 10.8 Å². The summed E-state index contributed by atoms with van der Waals surface area (Å²) in [6, 6.07) is 8.62. The van der Waals surface area contributed by atoms with Crippen LogP contribution in [0.1, 0.15) is 52.7 Å². The first kappa shape index (κ1) is 16.5. The second-order valence-electron chi connectivity index (χ2n) is 7.84. The quantitative estimate of drug-likeness (QED) is 0.745. The van der Waals surface area contributed by atoms with Crippen molar-refractivity contribution in [3.05, 3.63) is 47.8 Å². The maximum atomic E-state index is 5.81. The van der Waals surface area contributed by atoms with E-state index in [0.29, 0.717) is 0 Å². The summed E-state index contributed by atoms with van der Waals surface area (Å²) in [5.41, 5.74) is 4.94. The molecule has 0 amide bonds. The number of ether oxygens (including phenoxy) is 1. The van der Waals surface area contributed by atoms with Crippen molar-refractivity contribution >= 4 is 0 Å². The number of nitrogens with zero attached hydrogens (tertiary/aromatic N) is 1. The molecular formula is C20H27NO. The predicted molar refractivity (Wildman–Crippen MR) is 93.6 cm³/mol. The number of benzene rings is 1. The van der Waals surface area contributed by atoms with Crippen LogP contribution in [-0.2, 0) is 10.8 Å². The number of hydrogen-bond acceptors (Lipinski definition) is 2. The molecule has 0 N–H and O–H groups in total. The van der Waals surface area contributed by atoms with Crippen LogP contribution in [0.4, 0.5) is 0 Å². The van der Waals surface area contributed by atoms with E-state index >= 15 is 0 Å². The number of rotatable bonds is 2. The molecule has 0 aliphatic carbocycles. The first-order valence-corrected chi connectivity index (χ1v) is 7.78. The van der Waals surface area contributed by atoms with Gasteiger partial charge in [0.15, 0.2) is 0 Å². The van der Waals surface area contributed by atoms with Gasteiger partial charge in [-0.1, -0.05) is 41.5 Å². The molecule has 0 spiro atoms. The molecule has 118 valence electrons. The lowest BCUT2D eigenvalue weighted by Gasteiger charge is -2.30. The monoisotopic (exact) mass is 297 g/mol. The van der Waals surface area contributed by atoms with E-state index in [0.717, 1.165) is 5.75 Å². The van der Waals surface area contributed by atoms with Crippen molar-refractivity contribution in [3.8, 4) is 16.9 Å². The molecule has 1 heterocycles. The number of aromatic nitrogens is 1. The third-order valence-electron chi connectivity index (χ3n) is 3.92. The van der Waals surface area contributed by atoms with Crippen molar-refractivity contribution in [2.45, 2.75) is 52.4 Å². The molecule has 1 aromatic carbocycles. The standard InChI is InChI=1S/C20H27NO/c1-19(2,3)16-12-15(14-8-10-21-11-9-14)13-17(18(16)22-7)20(4,5)6/h8-13H,1-7H3. The molecule has 0 bridgehead atoms. The van der Waals surface area contributed by atoms with Crippen molar-refractivity contribution in [1.82, 2.24) is 4.98 Å². The van der Waals surface area contributed by atoms with Crippen molar-refractivity contribution in [2.75, 3.05) is 7.11 Å². The van der Waals surface area contributed by atoms with E-state index in [2.05, 4.69) is 70.8 Å². The summed E-state index contributed by atoms with van der Waals surface area (Å²) in [4.78, 5) is 4.12. The fourth-order valence-corrected chi connectivity index (χ4v) is 2.67. The number of pyridine rings is 1. The van der Waals surface area contributed by atoms with Crippen LogP contribution in [0.5, 0.6) is 5.75 Å². The summed E-state index contributed by atoms with van der Waals surface area (Å²) in [6.45, 7) is 13.4. The molecule has 0 unspecified atom stereocenters. The zero-order valence-corrected chi connectivity index (χ0v) is 14.8. The summed E-state index contributed by atoms with van der Waals surface area (Å²) in [5.74, 6) is 1.01. The van der Waals surface area contributed by atoms with Gasteiger partial charge >= 0.3 is 0 Å². The van der Waals surface area contributed by atoms with Crippen molar-refractivity contribution in [1.29, 1.82) is 0 Å². The average molecular weight is 297 g/mol. The summed E-state index contributed by atoms with van der Waals surface area (Å²) < 4.78 is 5.81. The molecule has 0 radical (unpaired) electrons. The zero-order chi connectivity index (χ0) is 16.5. The molecule has 1 aromatic heterocycles. The van der Waals surface area contributed by atoms with E-state index < -0.39 is 0 Å². The maximum absolute atomic E-state index is 5.81. The number of methoxy groups -OCH3 is 1. The fourth-order valence-electron chi connectivity index (χ4n) is 2.67. The Hall–Kier alpha value is -1.83. The van der Waals surface area contributed by atoms with Gasteiger partial charge in [-0.15, -0.1) is 0 Å². The van der Waals surface area contributed by atoms with Gasteiger partial charge in [0.25, 0.3) is 0 Å². The average Bonchev–Trinajstić information content (AvgIpc) is 2.45. The smallest absolute Gasteiger partial charge is 0.126 e. The molecule has 2 heteroatoms. The van der Waals surface area contributed by atoms with Crippen LogP contribution in [0.15, 0.2) is 36.7 Å². The van der Waals surface area contributed by atoms with Crippen LogP contribution >= 0.6 is 0 Å². The largest absolute Gasteiger partial charge is 0.496 e. The summed E-state index contributed by atoms with van der Waals surface area (Å²) in [7, 11) is 1.77. The molecule has 0 atom stereocenters. The molecule has 0 saturated carbocycles. The molecule has 0 aliphatic rings. The van der Waals surface area contributed by atoms with E-state index in [9.17, 15) is 0 Å². The molecule has 0 saturated heterocycles. The first-order chi connectivity index (χ1) is 10.1. The van der Waals surface area contributed by atoms with Gasteiger partial charge < -0.3 is 4.74 Å². The topological polar surface area (TPSA) is 22.1 Å². The summed E-state index contributed by atoms with van der Waals surface area (Å²) in [5, 5.41) is 0. The van der Waals surface area contributed by atoms with E-state index in [1.165, 1.54) is 22.3 Å². The molecule has 2 rings (SSSR count). The Morgan fingerprint density at radius 2 is 1.23 bits per heavy atom. The van der Waals surface area contributed by atoms with Crippen LogP contribution in [0.3, 0.4) is 0 Å². The highest BCUT2D eigenvalue weighted by Gasteiger charge is 2.27. The SMILES string of the molecule is COc1c(C(C)(C)C)cc(-c2ccncc2)cc1C(C)(C)C. The minimum Gasteiger partial charge on any atom is -0.496 e. The van der Waals surface area contributed by atoms with Crippen molar-refractivity contribution in [2.24, 2.45) is 0 Å². The van der Waals surface area contributed by atoms with Gasteiger partial charge in [0.05, 0.1) is 7.11 Å². The summed E-state index contributed by atoms with van der Waals surface area (Å²) in [6.07, 6.45) is 3.68. The maximum Gasteiger partial charge on any atom is 0.126 e. The Balaban J connectivity index is 2.79. The van der Waals surface area contributed by atoms with Gasteiger partial charge in [-0.25, -0.2) is 0 Å². The van der Waals surface area contributed by atoms with Crippen LogP contribution in [0.25, 0.3) is 11.1 Å². The molecule has 2 aromatic rings. The van der Waals surface area contributed by atoms with Gasteiger partial charge in [0, 0.05) is 23.5 Å². The normalized spacial score (nSPS) is 12.3. The highest BCUT2D eigenvalue weighted by atomic mass is 16.5. The molecular weight excluding hydrogens is 270 g/mol. The lowest BCUT2D eigenvalue weighted by atomic mass is 9.77. The highest BCUT2D eigenvalue weighted by Crippen LogP contribution is 2.42. The second-order valence-corrected chi connectivity index (χ2v) is 7.84. The summed E-state index contributed by atoms with van der Waals surface area (Å²) >= 11 is 0. The van der Waals surface area contributed by atoms with Gasteiger partial charge in [-0.3, -0.25) is 4.98 Å². The number of hydrogen-bond donors (Lipinski definition) is 0. The predicted octanol–water partition coefficient (Wildman–Crippen LogP) is 5.35. The zero-order valence-electron chi connectivity index (χ0n) is 14.8. The molecule has 22 heavy (non-hydrogen) atoms. The Morgan fingerprint density at radius 1 is 0.773 bits per heavy atom. The van der Waals surface area contributed by atoms with Gasteiger partial charge in [-0.05, 0) is 46.2 Å². The lowest BCUT2D eigenvalue weighted by Crippen LogP contribution is -2.19. The third kappa shape index (κ3) is 3.32. The minimum absolute atomic E-state index is 0.0222. The van der Waals surface area contributed by atoms with Crippen LogP contribution in [0.2, 0.25) is 0 Å². The van der Waals surface area contributed by atoms with Crippen molar-refractivity contribution in [3.63, 3.8) is 0 Å². The minimum atomic E-state index is 0.0222. The Labute approximate surface area is 134 Å². The van der Waals surface area contributed by atoms with Gasteiger partial charge in [-0.2, -0.15) is 0 Å². The van der Waals surface area contributed by atoms with E-state index in [4.69, 9.17) is 4.74 Å². The Kier molecular flexibility index (Phi) is 4.32. The van der Waals surface area contributed by atoms with E-state index in [1.807, 2.05) is 12.4 Å². The highest BCUT2D eigenvalue weighted by molar-refractivity contribution is 5.68. The Bertz CT molecular complexity index is 611. The van der Waals surface area contributed by atoms with Gasteiger partial charge in [0.1, 0.15) is 5.75 Å². The van der Waals surface area contributed by atoms with Crippen LogP contribution < -0.4 is 4.74 Å². The van der Waals surface area contributed by atoms with E-state index in [1.54, 1.807) is 7.11 Å². The molecule has 0 fully saturated rings. The van der Waals surface area contributed by atoms with Crippen LogP contribution in [-0.4, -0.2) is 12.1 Å². The lowest BCUT2D eigenvalue weighted by molar-refractivity contribution is 0.381. The Morgan fingerprint density at radius 3 is 1.59 bits per heavy atom. The van der Waals surface area contributed by atoms with Gasteiger partial charge in [0.2, 0.25) is 0 Å². The molecule has 0 aliphatic heterocycles. The third-order valence-corrected chi connectivity index (χ3v) is 3.92. The first-order valence-electron chi connectivity index (χ1n) is 7.78. The fraction of sp³-hybridized carbons (Fsp3) is 0.450. The van der Waals surface area contributed by atoms with Crippen molar-refractivity contribution < 1.29 is 4.74 Å². The van der Waals surface area contributed by atoms with Crippen LogP contribution in [0, 0.1) is 0 Å². The second kappa shape index (κ2) is 5.75.